The van der Waals surface area contributed by atoms with Gasteiger partial charge < -0.3 is 16.0 Å². The summed E-state index contributed by atoms with van der Waals surface area (Å²) in [6.07, 6.45) is 2.15. The summed E-state index contributed by atoms with van der Waals surface area (Å²) in [4.78, 5) is 16.1. The molecule has 0 spiro atoms. The molecule has 2 unspecified atom stereocenters. The molecule has 0 aliphatic carbocycles. The molecule has 5 nitrogen and oxygen atoms in total. The van der Waals surface area contributed by atoms with Crippen molar-refractivity contribution in [1.29, 1.82) is 0 Å². The number of likely N-dealkylation sites (N-methyl/N-ethyl adjacent to an activating group) is 1. The second-order valence-electron chi connectivity index (χ2n) is 4.89. The number of nitrogens with one attached hydrogen (secondary N) is 1. The number of hydrogen-bond acceptors (Lipinski definition) is 4. The lowest BCUT2D eigenvalue weighted by molar-refractivity contribution is -0.126. The van der Waals surface area contributed by atoms with E-state index in [1.165, 1.54) is 0 Å². The molecule has 2 fully saturated rings. The van der Waals surface area contributed by atoms with Crippen LogP contribution in [-0.4, -0.2) is 61.6 Å². The molecule has 2 heterocycles. The maximum absolute atomic E-state index is 11.4. The molecule has 5 heteroatoms. The zero-order valence-corrected chi connectivity index (χ0v) is 9.98. The van der Waals surface area contributed by atoms with Gasteiger partial charge in [-0.3, -0.25) is 9.69 Å². The first-order valence-electron chi connectivity index (χ1n) is 6.14. The monoisotopic (exact) mass is 226 g/mol. The molecule has 16 heavy (non-hydrogen) atoms. The zero-order valence-electron chi connectivity index (χ0n) is 9.98. The van der Waals surface area contributed by atoms with Gasteiger partial charge in [-0.15, -0.1) is 0 Å². The smallest absolute Gasteiger partial charge is 0.223 e. The number of carbonyl (C=O) groups excluding carboxylic acids is 1. The van der Waals surface area contributed by atoms with E-state index in [0.29, 0.717) is 0 Å². The lowest BCUT2D eigenvalue weighted by Crippen LogP contribution is -2.60. The fourth-order valence-electron chi connectivity index (χ4n) is 2.65. The molecule has 2 aliphatic rings. The Morgan fingerprint density at radius 1 is 1.31 bits per heavy atom. The van der Waals surface area contributed by atoms with Crippen LogP contribution in [0.5, 0.6) is 0 Å². The van der Waals surface area contributed by atoms with E-state index in [9.17, 15) is 4.79 Å². The molecule has 0 saturated carbocycles. The Hall–Kier alpha value is -0.650. The van der Waals surface area contributed by atoms with Gasteiger partial charge in [-0.25, -0.2) is 0 Å². The number of nitrogens with zero attached hydrogens (tertiary/aromatic N) is 2. The number of hydrogen-bond donors (Lipinski definition) is 2. The van der Waals surface area contributed by atoms with E-state index < -0.39 is 0 Å². The number of piperazine rings is 1. The average molecular weight is 226 g/mol. The molecule has 0 aromatic carbocycles. The Bertz CT molecular complexity index is 250. The van der Waals surface area contributed by atoms with Crippen molar-refractivity contribution in [3.05, 3.63) is 0 Å². The van der Waals surface area contributed by atoms with Gasteiger partial charge in [-0.2, -0.15) is 0 Å². The molecule has 3 N–H and O–H groups in total. The number of piperidine rings is 1. The first-order chi connectivity index (χ1) is 7.68. The highest BCUT2D eigenvalue weighted by Gasteiger charge is 2.34. The molecule has 0 radical (unpaired) electrons. The molecule has 0 bridgehead atoms. The van der Waals surface area contributed by atoms with E-state index in [2.05, 4.69) is 22.2 Å². The first kappa shape index (κ1) is 11.8. The summed E-state index contributed by atoms with van der Waals surface area (Å²) in [6, 6.07) is 0. The number of amides is 1. The number of primary amides is 1. The van der Waals surface area contributed by atoms with E-state index >= 15 is 0 Å². The zero-order chi connectivity index (χ0) is 11.5. The Kier molecular flexibility index (Phi) is 3.78. The fraction of sp³-hybridized carbons (Fsp3) is 0.909. The van der Waals surface area contributed by atoms with Gasteiger partial charge in [-0.05, 0) is 26.4 Å². The molecule has 0 aromatic heterocycles. The number of carbonyl (C=O) groups is 1. The van der Waals surface area contributed by atoms with E-state index in [-0.39, 0.29) is 18.0 Å². The number of nitrogens with two attached hydrogens (primary N) is 1. The minimum absolute atomic E-state index is 0.0165. The molecule has 92 valence electrons. The third-order valence-electron chi connectivity index (χ3n) is 3.72. The lowest BCUT2D eigenvalue weighted by Gasteiger charge is -2.42. The third-order valence-corrected chi connectivity index (χ3v) is 3.72. The largest absolute Gasteiger partial charge is 0.369 e. The van der Waals surface area contributed by atoms with Gasteiger partial charge in [-0.1, -0.05) is 0 Å². The molecular formula is C11H22N4O. The fourth-order valence-corrected chi connectivity index (χ4v) is 2.65. The Balaban J connectivity index is 1.97. The van der Waals surface area contributed by atoms with Gasteiger partial charge >= 0.3 is 0 Å². The van der Waals surface area contributed by atoms with E-state index in [1.807, 2.05) is 0 Å². The van der Waals surface area contributed by atoms with Crippen LogP contribution >= 0.6 is 0 Å². The first-order valence-corrected chi connectivity index (χ1v) is 6.14. The highest BCUT2D eigenvalue weighted by molar-refractivity contribution is 5.77. The summed E-state index contributed by atoms with van der Waals surface area (Å²) in [5.41, 5.74) is 5.48. The van der Waals surface area contributed by atoms with Crippen LogP contribution in [0.4, 0.5) is 0 Å². The van der Waals surface area contributed by atoms with Gasteiger partial charge in [0.1, 0.15) is 0 Å². The predicted molar refractivity (Wildman–Crippen MR) is 62.8 cm³/mol. The Morgan fingerprint density at radius 3 is 2.62 bits per heavy atom. The van der Waals surface area contributed by atoms with Gasteiger partial charge in [0.25, 0.3) is 0 Å². The quantitative estimate of drug-likeness (QED) is 0.637. The van der Waals surface area contributed by atoms with E-state index in [1.54, 1.807) is 0 Å². The van der Waals surface area contributed by atoms with Gasteiger partial charge in [0, 0.05) is 26.2 Å². The van der Waals surface area contributed by atoms with Crippen LogP contribution in [0.2, 0.25) is 0 Å². The summed E-state index contributed by atoms with van der Waals surface area (Å²) in [7, 11) is 2.14. The Labute approximate surface area is 96.9 Å². The highest BCUT2D eigenvalue weighted by Crippen LogP contribution is 2.20. The highest BCUT2D eigenvalue weighted by atomic mass is 16.1. The minimum Gasteiger partial charge on any atom is -0.369 e. The molecule has 2 rings (SSSR count). The second kappa shape index (κ2) is 5.12. The van der Waals surface area contributed by atoms with Gasteiger partial charge in [0.2, 0.25) is 5.91 Å². The molecular weight excluding hydrogens is 204 g/mol. The normalized spacial score (nSPS) is 33.8. The van der Waals surface area contributed by atoms with Crippen LogP contribution in [0.1, 0.15) is 12.8 Å². The summed E-state index contributed by atoms with van der Waals surface area (Å²) in [5, 5.41) is 3.44. The molecule has 1 amide bonds. The van der Waals surface area contributed by atoms with Crippen LogP contribution < -0.4 is 11.1 Å². The van der Waals surface area contributed by atoms with Crippen LogP contribution in [0, 0.1) is 5.92 Å². The molecule has 2 saturated heterocycles. The van der Waals surface area contributed by atoms with Crippen molar-refractivity contribution in [3.63, 3.8) is 0 Å². The molecule has 2 atom stereocenters. The predicted octanol–water partition coefficient (Wildman–Crippen LogP) is -0.955. The topological polar surface area (TPSA) is 61.6 Å². The number of rotatable bonds is 2. The van der Waals surface area contributed by atoms with Crippen molar-refractivity contribution in [2.24, 2.45) is 11.7 Å². The SMILES string of the molecule is CN1CCN(C2NCCCC2C(N)=O)CC1. The summed E-state index contributed by atoms with van der Waals surface area (Å²) >= 11 is 0. The van der Waals surface area contributed by atoms with Crippen molar-refractivity contribution >= 4 is 5.91 Å². The third kappa shape index (κ3) is 2.53. The van der Waals surface area contributed by atoms with Crippen molar-refractivity contribution < 1.29 is 4.79 Å². The van der Waals surface area contributed by atoms with E-state index in [0.717, 1.165) is 45.6 Å². The van der Waals surface area contributed by atoms with Crippen molar-refractivity contribution in [2.75, 3.05) is 39.8 Å². The second-order valence-corrected chi connectivity index (χ2v) is 4.89. The van der Waals surface area contributed by atoms with Gasteiger partial charge in [0.05, 0.1) is 12.1 Å². The van der Waals surface area contributed by atoms with Crippen LogP contribution in [-0.2, 0) is 4.79 Å². The van der Waals surface area contributed by atoms with Crippen molar-refractivity contribution in [2.45, 2.75) is 19.0 Å². The maximum atomic E-state index is 11.4. The summed E-state index contributed by atoms with van der Waals surface area (Å²) < 4.78 is 0. The molecule has 2 aliphatic heterocycles. The lowest BCUT2D eigenvalue weighted by atomic mass is 9.94. The Morgan fingerprint density at radius 2 is 2.00 bits per heavy atom. The van der Waals surface area contributed by atoms with Crippen LogP contribution in [0.15, 0.2) is 0 Å². The van der Waals surface area contributed by atoms with Crippen LogP contribution in [0.25, 0.3) is 0 Å². The van der Waals surface area contributed by atoms with Crippen molar-refractivity contribution in [3.8, 4) is 0 Å². The minimum atomic E-state index is -0.156. The van der Waals surface area contributed by atoms with E-state index in [4.69, 9.17) is 5.73 Å². The summed E-state index contributed by atoms with van der Waals surface area (Å²) in [6.45, 7) is 5.20. The standard InChI is InChI=1S/C11H22N4O/c1-14-5-7-15(8-6-14)11-9(10(12)16)3-2-4-13-11/h9,11,13H,2-8H2,1H3,(H2,12,16). The van der Waals surface area contributed by atoms with Crippen LogP contribution in [0.3, 0.4) is 0 Å². The maximum Gasteiger partial charge on any atom is 0.223 e. The van der Waals surface area contributed by atoms with Gasteiger partial charge in [0.15, 0.2) is 0 Å². The van der Waals surface area contributed by atoms with Crippen molar-refractivity contribution in [1.82, 2.24) is 15.1 Å². The summed E-state index contributed by atoms with van der Waals surface area (Å²) in [5.74, 6) is -0.173. The average Bonchev–Trinajstić information content (AvgIpc) is 2.30. The molecule has 0 aromatic rings.